The lowest BCUT2D eigenvalue weighted by atomic mass is 9.94. The van der Waals surface area contributed by atoms with E-state index in [1.54, 1.807) is 0 Å². The van der Waals surface area contributed by atoms with Crippen molar-refractivity contribution < 1.29 is 5.11 Å². The van der Waals surface area contributed by atoms with E-state index in [0.717, 1.165) is 13.1 Å². The molecule has 0 unspecified atom stereocenters. The predicted octanol–water partition coefficient (Wildman–Crippen LogP) is 1.74. The van der Waals surface area contributed by atoms with E-state index in [0.29, 0.717) is 0 Å². The van der Waals surface area contributed by atoms with Gasteiger partial charge in [-0.1, -0.05) is 27.2 Å². The van der Waals surface area contributed by atoms with Gasteiger partial charge in [-0.05, 0) is 20.0 Å². The van der Waals surface area contributed by atoms with Crippen LogP contribution in [0.2, 0.25) is 0 Å². The number of nitrogens with zero attached hydrogens (tertiary/aromatic N) is 1. The maximum Gasteiger partial charge on any atom is 0.0494 e. The van der Waals surface area contributed by atoms with Gasteiger partial charge in [0.05, 0.1) is 0 Å². The molecule has 0 saturated carbocycles. The summed E-state index contributed by atoms with van der Waals surface area (Å²) in [6, 6.07) is 0. The van der Waals surface area contributed by atoms with Crippen LogP contribution in [0.3, 0.4) is 0 Å². The van der Waals surface area contributed by atoms with Gasteiger partial charge < -0.3 is 10.0 Å². The van der Waals surface area contributed by atoms with E-state index < -0.39 is 0 Å². The smallest absolute Gasteiger partial charge is 0.0494 e. The molecule has 74 valence electrons. The standard InChI is InChI=1S/C10H23NO/c1-5-6-7-11(4)8-10(2,3)9-12/h12H,5-9H2,1-4H3. The van der Waals surface area contributed by atoms with Gasteiger partial charge in [-0.15, -0.1) is 0 Å². The number of unbranched alkanes of at least 4 members (excludes halogenated alkanes) is 1. The molecule has 1 N–H and O–H groups in total. The zero-order valence-electron chi connectivity index (χ0n) is 8.93. The Morgan fingerprint density at radius 3 is 2.33 bits per heavy atom. The fraction of sp³-hybridized carbons (Fsp3) is 1.00. The van der Waals surface area contributed by atoms with Gasteiger partial charge in [-0.2, -0.15) is 0 Å². The van der Waals surface area contributed by atoms with Crippen molar-refractivity contribution in [1.29, 1.82) is 0 Å². The minimum Gasteiger partial charge on any atom is -0.396 e. The van der Waals surface area contributed by atoms with Crippen LogP contribution >= 0.6 is 0 Å². The Balaban J connectivity index is 3.60. The van der Waals surface area contributed by atoms with Crippen molar-refractivity contribution in [2.75, 3.05) is 26.7 Å². The molecule has 0 rings (SSSR count). The first-order valence-corrected chi connectivity index (χ1v) is 4.81. The molecule has 12 heavy (non-hydrogen) atoms. The van der Waals surface area contributed by atoms with E-state index in [2.05, 4.69) is 32.7 Å². The highest BCUT2D eigenvalue weighted by Gasteiger charge is 2.18. The van der Waals surface area contributed by atoms with Crippen LogP contribution in [-0.2, 0) is 0 Å². The highest BCUT2D eigenvalue weighted by molar-refractivity contribution is 4.70. The Labute approximate surface area is 76.6 Å². The Hall–Kier alpha value is -0.0800. The summed E-state index contributed by atoms with van der Waals surface area (Å²) in [6.45, 7) is 8.77. The normalized spacial score (nSPS) is 12.5. The predicted molar refractivity (Wildman–Crippen MR) is 53.3 cm³/mol. The Morgan fingerprint density at radius 2 is 1.92 bits per heavy atom. The molecule has 0 aromatic heterocycles. The molecule has 0 fully saturated rings. The number of hydrogen-bond donors (Lipinski definition) is 1. The van der Waals surface area contributed by atoms with Crippen molar-refractivity contribution in [1.82, 2.24) is 4.90 Å². The molecular weight excluding hydrogens is 150 g/mol. The maximum atomic E-state index is 9.04. The van der Waals surface area contributed by atoms with Crippen molar-refractivity contribution in [3.05, 3.63) is 0 Å². The third kappa shape index (κ3) is 5.56. The first-order valence-electron chi connectivity index (χ1n) is 4.81. The third-order valence-corrected chi connectivity index (χ3v) is 2.02. The number of aliphatic hydroxyl groups excluding tert-OH is 1. The van der Waals surface area contributed by atoms with E-state index in [4.69, 9.17) is 5.11 Å². The molecule has 0 amide bonds. The van der Waals surface area contributed by atoms with Crippen LogP contribution < -0.4 is 0 Å². The van der Waals surface area contributed by atoms with Gasteiger partial charge in [-0.3, -0.25) is 0 Å². The summed E-state index contributed by atoms with van der Waals surface area (Å²) < 4.78 is 0. The summed E-state index contributed by atoms with van der Waals surface area (Å²) in [7, 11) is 2.12. The molecule has 0 aromatic carbocycles. The van der Waals surface area contributed by atoms with Gasteiger partial charge in [0.1, 0.15) is 0 Å². The summed E-state index contributed by atoms with van der Waals surface area (Å²) in [6.07, 6.45) is 2.49. The lowest BCUT2D eigenvalue weighted by Gasteiger charge is -2.28. The van der Waals surface area contributed by atoms with E-state index >= 15 is 0 Å². The minimum absolute atomic E-state index is 0.0441. The number of hydrogen-bond acceptors (Lipinski definition) is 2. The largest absolute Gasteiger partial charge is 0.396 e. The molecular formula is C10H23NO. The lowest BCUT2D eigenvalue weighted by Crippen LogP contribution is -2.34. The fourth-order valence-electron chi connectivity index (χ4n) is 1.29. The van der Waals surface area contributed by atoms with E-state index in [-0.39, 0.29) is 12.0 Å². The van der Waals surface area contributed by atoms with Crippen LogP contribution in [0.4, 0.5) is 0 Å². The molecule has 0 aliphatic carbocycles. The van der Waals surface area contributed by atoms with Crippen molar-refractivity contribution in [2.45, 2.75) is 33.6 Å². The lowest BCUT2D eigenvalue weighted by molar-refractivity contribution is 0.115. The minimum atomic E-state index is 0.0441. The molecule has 0 heterocycles. The third-order valence-electron chi connectivity index (χ3n) is 2.02. The molecule has 0 aromatic rings. The molecule has 0 aliphatic heterocycles. The summed E-state index contributed by atoms with van der Waals surface area (Å²) in [4.78, 5) is 2.29. The molecule has 0 radical (unpaired) electrons. The second-order valence-corrected chi connectivity index (χ2v) is 4.41. The average Bonchev–Trinajstić information content (AvgIpc) is 2.00. The van der Waals surface area contributed by atoms with Gasteiger partial charge >= 0.3 is 0 Å². The summed E-state index contributed by atoms with van der Waals surface area (Å²) >= 11 is 0. The van der Waals surface area contributed by atoms with Crippen LogP contribution in [0.25, 0.3) is 0 Å². The number of rotatable bonds is 6. The van der Waals surface area contributed by atoms with Gasteiger partial charge in [0.15, 0.2) is 0 Å². The van der Waals surface area contributed by atoms with Crippen molar-refractivity contribution in [3.63, 3.8) is 0 Å². The second-order valence-electron chi connectivity index (χ2n) is 4.41. The quantitative estimate of drug-likeness (QED) is 0.661. The van der Waals surface area contributed by atoms with Crippen LogP contribution in [0.15, 0.2) is 0 Å². The fourth-order valence-corrected chi connectivity index (χ4v) is 1.29. The van der Waals surface area contributed by atoms with Gasteiger partial charge in [0, 0.05) is 18.6 Å². The van der Waals surface area contributed by atoms with E-state index in [1.807, 2.05) is 0 Å². The Morgan fingerprint density at radius 1 is 1.33 bits per heavy atom. The summed E-state index contributed by atoms with van der Waals surface area (Å²) in [5, 5.41) is 9.04. The Bertz CT molecular complexity index is 112. The molecule has 0 spiro atoms. The highest BCUT2D eigenvalue weighted by atomic mass is 16.3. The maximum absolute atomic E-state index is 9.04. The number of aliphatic hydroxyl groups is 1. The zero-order chi connectivity index (χ0) is 9.61. The van der Waals surface area contributed by atoms with Crippen LogP contribution in [-0.4, -0.2) is 36.8 Å². The average molecular weight is 173 g/mol. The van der Waals surface area contributed by atoms with Crippen molar-refractivity contribution >= 4 is 0 Å². The Kier molecular flexibility index (Phi) is 5.51. The van der Waals surface area contributed by atoms with E-state index in [9.17, 15) is 0 Å². The van der Waals surface area contributed by atoms with Crippen molar-refractivity contribution in [3.8, 4) is 0 Å². The van der Waals surface area contributed by atoms with E-state index in [1.165, 1.54) is 12.8 Å². The summed E-state index contributed by atoms with van der Waals surface area (Å²) in [5.41, 5.74) is 0.0441. The van der Waals surface area contributed by atoms with Gasteiger partial charge in [-0.25, -0.2) is 0 Å². The molecule has 0 saturated heterocycles. The van der Waals surface area contributed by atoms with Gasteiger partial charge in [0.2, 0.25) is 0 Å². The van der Waals surface area contributed by atoms with Crippen molar-refractivity contribution in [2.24, 2.45) is 5.41 Å². The molecule has 0 aliphatic rings. The topological polar surface area (TPSA) is 23.5 Å². The molecule has 0 bridgehead atoms. The molecule has 0 atom stereocenters. The zero-order valence-corrected chi connectivity index (χ0v) is 8.93. The van der Waals surface area contributed by atoms with Gasteiger partial charge in [0.25, 0.3) is 0 Å². The first kappa shape index (κ1) is 11.9. The van der Waals surface area contributed by atoms with Crippen LogP contribution in [0.5, 0.6) is 0 Å². The highest BCUT2D eigenvalue weighted by Crippen LogP contribution is 2.14. The second kappa shape index (κ2) is 5.55. The first-order chi connectivity index (χ1) is 5.52. The summed E-state index contributed by atoms with van der Waals surface area (Å²) in [5.74, 6) is 0. The molecule has 2 heteroatoms. The SMILES string of the molecule is CCCCN(C)CC(C)(C)CO. The molecule has 2 nitrogen and oxygen atoms in total. The van der Waals surface area contributed by atoms with Crippen LogP contribution in [0, 0.1) is 5.41 Å². The monoisotopic (exact) mass is 173 g/mol. The van der Waals surface area contributed by atoms with Crippen LogP contribution in [0.1, 0.15) is 33.6 Å².